The number of carbonyl (C=O) groups is 1. The van der Waals surface area contributed by atoms with Crippen LogP contribution in [0, 0.1) is 0 Å². The molecular formula is C20H20N2O2. The lowest BCUT2D eigenvalue weighted by Gasteiger charge is -2.27. The van der Waals surface area contributed by atoms with Crippen LogP contribution in [-0.2, 0) is 4.74 Å². The smallest absolute Gasteiger partial charge is 0.410 e. The third kappa shape index (κ3) is 2.06. The Morgan fingerprint density at radius 1 is 1.08 bits per heavy atom. The Hall–Kier alpha value is -2.33. The Morgan fingerprint density at radius 3 is 2.33 bits per heavy atom. The first-order chi connectivity index (χ1) is 11.8. The molecule has 122 valence electrons. The molecule has 0 spiro atoms. The number of rotatable bonds is 2. The highest BCUT2D eigenvalue weighted by molar-refractivity contribution is 5.79. The maximum atomic E-state index is 12.5. The summed E-state index contributed by atoms with van der Waals surface area (Å²) in [5.74, 6) is 0.138. The highest BCUT2D eigenvalue weighted by Gasteiger charge is 2.41. The maximum absolute atomic E-state index is 12.5. The van der Waals surface area contributed by atoms with Gasteiger partial charge in [-0.15, -0.1) is 0 Å². The first-order valence-electron chi connectivity index (χ1n) is 8.66. The van der Waals surface area contributed by atoms with Gasteiger partial charge in [-0.05, 0) is 28.7 Å². The molecule has 2 aliphatic heterocycles. The van der Waals surface area contributed by atoms with Gasteiger partial charge in [-0.25, -0.2) is 4.79 Å². The molecule has 2 saturated heterocycles. The van der Waals surface area contributed by atoms with Crippen molar-refractivity contribution < 1.29 is 9.53 Å². The van der Waals surface area contributed by atoms with Crippen LogP contribution in [0.4, 0.5) is 4.79 Å². The molecule has 2 heterocycles. The summed E-state index contributed by atoms with van der Waals surface area (Å²) in [5, 5.41) is 3.41. The fourth-order valence-electron chi connectivity index (χ4n) is 4.46. The predicted molar refractivity (Wildman–Crippen MR) is 92.0 cm³/mol. The number of amides is 1. The molecule has 3 aliphatic rings. The summed E-state index contributed by atoms with van der Waals surface area (Å²) in [6, 6.07) is 17.6. The Kier molecular flexibility index (Phi) is 3.13. The normalized spacial score (nSPS) is 24.1. The fourth-order valence-corrected chi connectivity index (χ4v) is 4.46. The number of hydrogen-bond acceptors (Lipinski definition) is 3. The zero-order valence-electron chi connectivity index (χ0n) is 13.4. The van der Waals surface area contributed by atoms with Gasteiger partial charge >= 0.3 is 6.09 Å². The van der Waals surface area contributed by atoms with Crippen molar-refractivity contribution in [3.05, 3.63) is 59.7 Å². The van der Waals surface area contributed by atoms with Crippen LogP contribution in [0.5, 0.6) is 0 Å². The minimum Gasteiger partial charge on any atom is -0.448 e. The number of nitrogens with one attached hydrogen (secondary N) is 1. The molecule has 0 radical (unpaired) electrons. The van der Waals surface area contributed by atoms with Crippen LogP contribution < -0.4 is 5.32 Å². The van der Waals surface area contributed by atoms with E-state index in [1.54, 1.807) is 0 Å². The number of likely N-dealkylation sites (tertiary alicyclic amines) is 1. The van der Waals surface area contributed by atoms with Crippen LogP contribution in [0.1, 0.15) is 23.5 Å². The topological polar surface area (TPSA) is 41.6 Å². The standard InChI is InChI=1S/C20H20N2O2/c23-20(22-11-13-9-14(22)10-21-13)24-12-19-17-7-3-1-5-15(17)16-6-2-4-8-18(16)19/h1-8,13-14,19,21H,9-12H2/t13-,14-/m0/s1. The van der Waals surface area contributed by atoms with Crippen molar-refractivity contribution in [3.63, 3.8) is 0 Å². The van der Waals surface area contributed by atoms with E-state index in [1.807, 2.05) is 4.90 Å². The molecule has 2 aromatic carbocycles. The van der Waals surface area contributed by atoms with Crippen molar-refractivity contribution in [2.75, 3.05) is 19.7 Å². The Labute approximate surface area is 141 Å². The molecule has 1 amide bonds. The lowest BCUT2D eigenvalue weighted by Crippen LogP contribution is -2.46. The number of fused-ring (bicyclic) bond motifs is 5. The van der Waals surface area contributed by atoms with E-state index in [9.17, 15) is 4.79 Å². The van der Waals surface area contributed by atoms with Crippen LogP contribution in [0.25, 0.3) is 11.1 Å². The number of carbonyl (C=O) groups excluding carboxylic acids is 1. The van der Waals surface area contributed by atoms with Crippen LogP contribution in [0.15, 0.2) is 48.5 Å². The number of nitrogens with zero attached hydrogens (tertiary/aromatic N) is 1. The predicted octanol–water partition coefficient (Wildman–Crippen LogP) is 2.98. The molecule has 2 fully saturated rings. The summed E-state index contributed by atoms with van der Waals surface area (Å²) >= 11 is 0. The molecule has 4 heteroatoms. The molecule has 0 saturated carbocycles. The summed E-state index contributed by atoms with van der Waals surface area (Å²) in [4.78, 5) is 14.4. The van der Waals surface area contributed by atoms with Crippen LogP contribution in [0.3, 0.4) is 0 Å². The zero-order chi connectivity index (χ0) is 16.1. The van der Waals surface area contributed by atoms with Gasteiger partial charge in [0.2, 0.25) is 0 Å². The van der Waals surface area contributed by atoms with Gasteiger partial charge in [0.15, 0.2) is 0 Å². The number of benzene rings is 2. The molecular weight excluding hydrogens is 300 g/mol. The van der Waals surface area contributed by atoms with Gasteiger partial charge in [0.05, 0.1) is 0 Å². The van der Waals surface area contributed by atoms with Crippen molar-refractivity contribution in [1.82, 2.24) is 10.2 Å². The number of hydrogen-bond donors (Lipinski definition) is 1. The second-order valence-corrected chi connectivity index (χ2v) is 6.95. The average molecular weight is 320 g/mol. The molecule has 1 N–H and O–H groups in total. The lowest BCUT2D eigenvalue weighted by atomic mass is 9.98. The molecule has 2 bridgehead atoms. The molecule has 5 rings (SSSR count). The van der Waals surface area contributed by atoms with E-state index in [1.165, 1.54) is 22.3 Å². The molecule has 0 unspecified atom stereocenters. The minimum atomic E-state index is -0.161. The Bertz CT molecular complexity index is 758. The average Bonchev–Trinajstić information content (AvgIpc) is 3.33. The van der Waals surface area contributed by atoms with Crippen LogP contribution >= 0.6 is 0 Å². The van der Waals surface area contributed by atoms with Gasteiger partial charge in [-0.3, -0.25) is 0 Å². The third-order valence-electron chi connectivity index (χ3n) is 5.63. The maximum Gasteiger partial charge on any atom is 0.410 e. The van der Waals surface area contributed by atoms with E-state index in [0.717, 1.165) is 19.5 Å². The quantitative estimate of drug-likeness (QED) is 0.925. The third-order valence-corrected chi connectivity index (χ3v) is 5.63. The monoisotopic (exact) mass is 320 g/mol. The highest BCUT2D eigenvalue weighted by atomic mass is 16.6. The second-order valence-electron chi connectivity index (χ2n) is 6.95. The van der Waals surface area contributed by atoms with Crippen LogP contribution in [0.2, 0.25) is 0 Å². The Morgan fingerprint density at radius 2 is 1.75 bits per heavy atom. The molecule has 24 heavy (non-hydrogen) atoms. The SMILES string of the molecule is O=C(OCC1c2ccccc2-c2ccccc21)N1C[C@@H]2C[C@H]1CN2. The summed E-state index contributed by atoms with van der Waals surface area (Å²) in [6.07, 6.45) is 0.898. The van der Waals surface area contributed by atoms with Crippen molar-refractivity contribution in [2.24, 2.45) is 0 Å². The molecule has 2 atom stereocenters. The molecule has 1 aliphatic carbocycles. The van der Waals surface area contributed by atoms with E-state index in [4.69, 9.17) is 4.74 Å². The summed E-state index contributed by atoms with van der Waals surface area (Å²) < 4.78 is 5.74. The first-order valence-corrected chi connectivity index (χ1v) is 8.66. The van der Waals surface area contributed by atoms with E-state index < -0.39 is 0 Å². The highest BCUT2D eigenvalue weighted by Crippen LogP contribution is 2.44. The van der Waals surface area contributed by atoms with E-state index >= 15 is 0 Å². The van der Waals surface area contributed by atoms with Crippen molar-refractivity contribution in [1.29, 1.82) is 0 Å². The van der Waals surface area contributed by atoms with Crippen molar-refractivity contribution >= 4 is 6.09 Å². The lowest BCUT2D eigenvalue weighted by molar-refractivity contribution is 0.0913. The second kappa shape index (κ2) is 5.35. The summed E-state index contributed by atoms with van der Waals surface area (Å²) in [5.41, 5.74) is 5.05. The van der Waals surface area contributed by atoms with E-state index in [2.05, 4.69) is 53.8 Å². The molecule has 4 nitrogen and oxygen atoms in total. The summed E-state index contributed by atoms with van der Waals surface area (Å²) in [6.45, 7) is 2.09. The fraction of sp³-hybridized carbons (Fsp3) is 0.350. The van der Waals surface area contributed by atoms with E-state index in [-0.39, 0.29) is 12.0 Å². The van der Waals surface area contributed by atoms with Crippen molar-refractivity contribution in [3.8, 4) is 11.1 Å². The van der Waals surface area contributed by atoms with Gasteiger partial charge < -0.3 is 15.0 Å². The number of ether oxygens (including phenoxy) is 1. The van der Waals surface area contributed by atoms with Gasteiger partial charge in [-0.2, -0.15) is 0 Å². The number of piperazine rings is 1. The Balaban J connectivity index is 1.37. The van der Waals surface area contributed by atoms with Crippen LogP contribution in [-0.4, -0.2) is 42.8 Å². The van der Waals surface area contributed by atoms with Gasteiger partial charge in [-0.1, -0.05) is 48.5 Å². The van der Waals surface area contributed by atoms with Gasteiger partial charge in [0.1, 0.15) is 6.61 Å². The molecule has 2 aromatic rings. The van der Waals surface area contributed by atoms with E-state index in [0.29, 0.717) is 18.7 Å². The van der Waals surface area contributed by atoms with Crippen molar-refractivity contribution in [2.45, 2.75) is 24.4 Å². The van der Waals surface area contributed by atoms with Gasteiger partial charge in [0.25, 0.3) is 0 Å². The van der Waals surface area contributed by atoms with Gasteiger partial charge in [0, 0.05) is 31.1 Å². The largest absolute Gasteiger partial charge is 0.448 e. The molecule has 0 aromatic heterocycles. The zero-order valence-corrected chi connectivity index (χ0v) is 13.4. The summed E-state index contributed by atoms with van der Waals surface area (Å²) in [7, 11) is 0. The first kappa shape index (κ1) is 14.1. The minimum absolute atomic E-state index is 0.138.